The van der Waals surface area contributed by atoms with Gasteiger partial charge in [0.1, 0.15) is 10.7 Å². The van der Waals surface area contributed by atoms with Crippen molar-refractivity contribution in [2.24, 2.45) is 0 Å². The fourth-order valence-electron chi connectivity index (χ4n) is 2.96. The summed E-state index contributed by atoms with van der Waals surface area (Å²) in [5, 5.41) is 5.17. The van der Waals surface area contributed by atoms with E-state index in [-0.39, 0.29) is 16.5 Å². The number of hydrogen-bond donors (Lipinski definition) is 1. The van der Waals surface area contributed by atoms with Crippen molar-refractivity contribution >= 4 is 33.0 Å². The van der Waals surface area contributed by atoms with Crippen molar-refractivity contribution in [1.29, 1.82) is 0 Å². The first-order valence-corrected chi connectivity index (χ1v) is 11.4. The van der Waals surface area contributed by atoms with Gasteiger partial charge in [-0.1, -0.05) is 36.4 Å². The average molecular weight is 430 g/mol. The van der Waals surface area contributed by atoms with Gasteiger partial charge in [0.25, 0.3) is 5.91 Å². The Kier molecular flexibility index (Phi) is 5.72. The maximum atomic E-state index is 12.8. The summed E-state index contributed by atoms with van der Waals surface area (Å²) in [6, 6.07) is 15.9. The second kappa shape index (κ2) is 8.42. The van der Waals surface area contributed by atoms with Crippen molar-refractivity contribution in [3.05, 3.63) is 65.7 Å². The Bertz CT molecular complexity index is 1110. The van der Waals surface area contributed by atoms with E-state index < -0.39 is 10.0 Å². The molecule has 0 unspecified atom stereocenters. The van der Waals surface area contributed by atoms with Crippen LogP contribution < -0.4 is 5.32 Å². The monoisotopic (exact) mass is 429 g/mol. The Balaban J connectivity index is 1.51. The molecule has 29 heavy (non-hydrogen) atoms. The van der Waals surface area contributed by atoms with Gasteiger partial charge < -0.3 is 10.1 Å². The molecule has 1 aliphatic rings. The van der Waals surface area contributed by atoms with E-state index in [0.717, 1.165) is 10.6 Å². The number of hydrogen-bond acceptors (Lipinski definition) is 6. The summed E-state index contributed by atoms with van der Waals surface area (Å²) in [5.74, 6) is -0.385. The molecule has 0 aliphatic carbocycles. The molecule has 2 heterocycles. The molecular formula is C20H19N3O4S2. The van der Waals surface area contributed by atoms with Crippen molar-refractivity contribution < 1.29 is 17.9 Å². The third-order valence-corrected chi connectivity index (χ3v) is 7.24. The van der Waals surface area contributed by atoms with E-state index in [9.17, 15) is 13.2 Å². The summed E-state index contributed by atoms with van der Waals surface area (Å²) in [6.45, 7) is 1.40. The lowest BCUT2D eigenvalue weighted by molar-refractivity contribution is 0.0730. The lowest BCUT2D eigenvalue weighted by atomic mass is 10.2. The number of morpholine rings is 1. The number of benzene rings is 2. The van der Waals surface area contributed by atoms with Crippen molar-refractivity contribution in [3.63, 3.8) is 0 Å². The second-order valence-corrected chi connectivity index (χ2v) is 9.20. The van der Waals surface area contributed by atoms with Crippen LogP contribution >= 0.6 is 11.3 Å². The lowest BCUT2D eigenvalue weighted by Gasteiger charge is -2.26. The van der Waals surface area contributed by atoms with Gasteiger partial charge in [0.15, 0.2) is 0 Å². The zero-order valence-corrected chi connectivity index (χ0v) is 17.1. The number of nitrogens with one attached hydrogen (secondary N) is 1. The summed E-state index contributed by atoms with van der Waals surface area (Å²) in [6.07, 6.45) is 0. The zero-order chi connectivity index (χ0) is 20.3. The fourth-order valence-corrected chi connectivity index (χ4v) is 5.22. The maximum absolute atomic E-state index is 12.8. The molecule has 2 aromatic carbocycles. The van der Waals surface area contributed by atoms with Crippen LogP contribution in [0.25, 0.3) is 10.6 Å². The number of ether oxygens (including phenoxy) is 1. The Morgan fingerprint density at radius 2 is 1.83 bits per heavy atom. The first kappa shape index (κ1) is 19.7. The molecule has 1 aliphatic heterocycles. The predicted octanol–water partition coefficient (Wildman–Crippen LogP) is 3.08. The first-order chi connectivity index (χ1) is 14.0. The molecule has 4 rings (SSSR count). The van der Waals surface area contributed by atoms with Crippen LogP contribution in [-0.4, -0.2) is 49.9 Å². The Hall–Kier alpha value is -2.59. The molecule has 1 amide bonds. The minimum absolute atomic E-state index is 0.139. The van der Waals surface area contributed by atoms with Crippen LogP contribution in [0.4, 0.5) is 5.69 Å². The quantitative estimate of drug-likeness (QED) is 0.673. The van der Waals surface area contributed by atoms with E-state index in [1.807, 2.05) is 30.3 Å². The van der Waals surface area contributed by atoms with Crippen LogP contribution in [0.2, 0.25) is 0 Å². The van der Waals surface area contributed by atoms with Crippen molar-refractivity contribution in [1.82, 2.24) is 9.29 Å². The SMILES string of the molecule is O=C(Nc1cccc(S(=O)(=O)N2CCOCC2)c1)c1csc(-c2ccccc2)n1. The van der Waals surface area contributed by atoms with Gasteiger partial charge in [-0.2, -0.15) is 4.31 Å². The van der Waals surface area contributed by atoms with E-state index >= 15 is 0 Å². The first-order valence-electron chi connectivity index (χ1n) is 9.04. The molecule has 0 atom stereocenters. The molecule has 7 nitrogen and oxygen atoms in total. The van der Waals surface area contributed by atoms with E-state index in [1.54, 1.807) is 17.5 Å². The highest BCUT2D eigenvalue weighted by atomic mass is 32.2. The molecule has 150 valence electrons. The van der Waals surface area contributed by atoms with Crippen LogP contribution in [0.3, 0.4) is 0 Å². The van der Waals surface area contributed by atoms with Crippen molar-refractivity contribution in [3.8, 4) is 10.6 Å². The number of carbonyl (C=O) groups excluding carboxylic acids is 1. The Labute approximate surface area is 173 Å². The van der Waals surface area contributed by atoms with E-state index in [4.69, 9.17) is 4.74 Å². The number of amides is 1. The molecule has 1 N–H and O–H groups in total. The largest absolute Gasteiger partial charge is 0.379 e. The van der Waals surface area contributed by atoms with Gasteiger partial charge in [0, 0.05) is 29.7 Å². The van der Waals surface area contributed by atoms with Gasteiger partial charge in [-0.25, -0.2) is 13.4 Å². The summed E-state index contributed by atoms with van der Waals surface area (Å²) in [5.41, 5.74) is 1.63. The van der Waals surface area contributed by atoms with Crippen LogP contribution in [0.1, 0.15) is 10.5 Å². The van der Waals surface area contributed by atoms with Crippen LogP contribution in [-0.2, 0) is 14.8 Å². The highest BCUT2D eigenvalue weighted by molar-refractivity contribution is 7.89. The highest BCUT2D eigenvalue weighted by Gasteiger charge is 2.26. The van der Waals surface area contributed by atoms with Crippen LogP contribution in [0.5, 0.6) is 0 Å². The lowest BCUT2D eigenvalue weighted by Crippen LogP contribution is -2.40. The number of anilines is 1. The molecule has 9 heteroatoms. The fraction of sp³-hybridized carbons (Fsp3) is 0.200. The number of aromatic nitrogens is 1. The van der Waals surface area contributed by atoms with Gasteiger partial charge in [0.2, 0.25) is 10.0 Å². The zero-order valence-electron chi connectivity index (χ0n) is 15.4. The smallest absolute Gasteiger partial charge is 0.275 e. The standard InChI is InChI=1S/C20H19N3O4S2/c24-19(18-14-28-20(22-18)15-5-2-1-3-6-15)21-16-7-4-8-17(13-16)29(25,26)23-9-11-27-12-10-23/h1-8,13-14H,9-12H2,(H,21,24). The number of thiazole rings is 1. The number of nitrogens with zero attached hydrogens (tertiary/aromatic N) is 2. The molecule has 1 fully saturated rings. The normalized spacial score (nSPS) is 15.2. The topological polar surface area (TPSA) is 88.6 Å². The van der Waals surface area contributed by atoms with Gasteiger partial charge in [-0.3, -0.25) is 4.79 Å². The van der Waals surface area contributed by atoms with E-state index in [1.165, 1.54) is 27.8 Å². The number of rotatable bonds is 5. The molecule has 0 bridgehead atoms. The van der Waals surface area contributed by atoms with Crippen molar-refractivity contribution in [2.45, 2.75) is 4.90 Å². The Morgan fingerprint density at radius 3 is 2.59 bits per heavy atom. The van der Waals surface area contributed by atoms with Gasteiger partial charge in [0.05, 0.1) is 18.1 Å². The van der Waals surface area contributed by atoms with E-state index in [2.05, 4.69) is 10.3 Å². The minimum atomic E-state index is -3.63. The molecule has 0 radical (unpaired) electrons. The molecular weight excluding hydrogens is 410 g/mol. The predicted molar refractivity (Wildman–Crippen MR) is 112 cm³/mol. The van der Waals surface area contributed by atoms with Crippen molar-refractivity contribution in [2.75, 3.05) is 31.6 Å². The highest BCUT2D eigenvalue weighted by Crippen LogP contribution is 2.25. The summed E-state index contributed by atoms with van der Waals surface area (Å²) >= 11 is 1.38. The average Bonchev–Trinajstić information content (AvgIpc) is 3.26. The number of sulfonamides is 1. The minimum Gasteiger partial charge on any atom is -0.379 e. The molecule has 1 aromatic heterocycles. The molecule has 3 aromatic rings. The summed E-state index contributed by atoms with van der Waals surface area (Å²) in [4.78, 5) is 17.1. The van der Waals surface area contributed by atoms with Gasteiger partial charge in [-0.05, 0) is 18.2 Å². The number of carbonyl (C=O) groups is 1. The third-order valence-electron chi connectivity index (χ3n) is 4.46. The molecule has 0 saturated carbocycles. The van der Waals surface area contributed by atoms with Gasteiger partial charge in [-0.15, -0.1) is 11.3 Å². The molecule has 0 spiro atoms. The summed E-state index contributed by atoms with van der Waals surface area (Å²) in [7, 11) is -3.63. The second-order valence-electron chi connectivity index (χ2n) is 6.40. The summed E-state index contributed by atoms with van der Waals surface area (Å²) < 4.78 is 32.2. The maximum Gasteiger partial charge on any atom is 0.275 e. The molecule has 1 saturated heterocycles. The van der Waals surface area contributed by atoms with Crippen LogP contribution in [0, 0.1) is 0 Å². The Morgan fingerprint density at radius 1 is 1.07 bits per heavy atom. The van der Waals surface area contributed by atoms with Gasteiger partial charge >= 0.3 is 0 Å². The third kappa shape index (κ3) is 4.38. The van der Waals surface area contributed by atoms with E-state index in [0.29, 0.717) is 32.0 Å². The van der Waals surface area contributed by atoms with Crippen LogP contribution in [0.15, 0.2) is 64.9 Å².